The molecule has 0 amide bonds. The number of rotatable bonds is 8. The Balaban J connectivity index is 2.01. The van der Waals surface area contributed by atoms with Crippen LogP contribution < -0.4 is 5.32 Å². The Labute approximate surface area is 107 Å². The van der Waals surface area contributed by atoms with E-state index in [-0.39, 0.29) is 0 Å². The zero-order valence-electron chi connectivity index (χ0n) is 11.9. The van der Waals surface area contributed by atoms with Crippen LogP contribution in [0.2, 0.25) is 0 Å². The van der Waals surface area contributed by atoms with Crippen molar-refractivity contribution in [1.82, 2.24) is 10.2 Å². The molecule has 0 spiro atoms. The highest BCUT2D eigenvalue weighted by Crippen LogP contribution is 2.26. The van der Waals surface area contributed by atoms with Crippen molar-refractivity contribution >= 4 is 0 Å². The van der Waals surface area contributed by atoms with Gasteiger partial charge in [0, 0.05) is 19.1 Å². The SMILES string of the molecule is CCC1CCCCC1NCCOCCN(C)C. The van der Waals surface area contributed by atoms with Crippen molar-refractivity contribution in [2.45, 2.75) is 45.1 Å². The molecule has 0 heterocycles. The molecule has 2 atom stereocenters. The summed E-state index contributed by atoms with van der Waals surface area (Å²) in [5, 5.41) is 3.67. The predicted molar refractivity (Wildman–Crippen MR) is 73.4 cm³/mol. The van der Waals surface area contributed by atoms with E-state index in [1.807, 2.05) is 0 Å². The summed E-state index contributed by atoms with van der Waals surface area (Å²) in [7, 11) is 4.16. The van der Waals surface area contributed by atoms with Crippen LogP contribution in [0.25, 0.3) is 0 Å². The molecular weight excluding hydrogens is 212 g/mol. The fourth-order valence-electron chi connectivity index (χ4n) is 2.63. The Bertz CT molecular complexity index is 185. The van der Waals surface area contributed by atoms with E-state index in [9.17, 15) is 0 Å². The van der Waals surface area contributed by atoms with Crippen LogP contribution in [-0.4, -0.2) is 51.3 Å². The van der Waals surface area contributed by atoms with Gasteiger partial charge in [-0.05, 0) is 32.9 Å². The molecule has 3 nitrogen and oxygen atoms in total. The van der Waals surface area contributed by atoms with Crippen LogP contribution >= 0.6 is 0 Å². The molecule has 0 aliphatic heterocycles. The Morgan fingerprint density at radius 2 is 1.94 bits per heavy atom. The summed E-state index contributed by atoms with van der Waals surface area (Å²) in [6.45, 7) is 6.03. The van der Waals surface area contributed by atoms with Crippen molar-refractivity contribution in [2.75, 3.05) is 40.4 Å². The van der Waals surface area contributed by atoms with E-state index in [1.54, 1.807) is 0 Å². The van der Waals surface area contributed by atoms with E-state index in [1.165, 1.54) is 32.1 Å². The number of hydrogen-bond acceptors (Lipinski definition) is 3. The lowest BCUT2D eigenvalue weighted by atomic mass is 9.83. The normalized spacial score (nSPS) is 25.4. The average molecular weight is 242 g/mol. The maximum Gasteiger partial charge on any atom is 0.0593 e. The van der Waals surface area contributed by atoms with Gasteiger partial charge in [0.1, 0.15) is 0 Å². The van der Waals surface area contributed by atoms with Gasteiger partial charge in [-0.1, -0.05) is 26.2 Å². The van der Waals surface area contributed by atoms with E-state index in [4.69, 9.17) is 4.74 Å². The molecule has 0 radical (unpaired) electrons. The third-order valence-corrected chi connectivity index (χ3v) is 3.77. The van der Waals surface area contributed by atoms with Crippen LogP contribution in [0, 0.1) is 5.92 Å². The molecule has 1 N–H and O–H groups in total. The summed E-state index contributed by atoms with van der Waals surface area (Å²) < 4.78 is 5.60. The first-order valence-corrected chi connectivity index (χ1v) is 7.20. The van der Waals surface area contributed by atoms with Gasteiger partial charge >= 0.3 is 0 Å². The highest BCUT2D eigenvalue weighted by molar-refractivity contribution is 4.79. The van der Waals surface area contributed by atoms with Crippen LogP contribution in [0.4, 0.5) is 0 Å². The third kappa shape index (κ3) is 6.39. The lowest BCUT2D eigenvalue weighted by Gasteiger charge is -2.31. The van der Waals surface area contributed by atoms with E-state index in [0.29, 0.717) is 0 Å². The number of hydrogen-bond donors (Lipinski definition) is 1. The second kappa shape index (κ2) is 8.90. The molecule has 0 bridgehead atoms. The molecule has 1 aliphatic rings. The minimum absolute atomic E-state index is 0.742. The monoisotopic (exact) mass is 242 g/mol. The first kappa shape index (κ1) is 14.9. The minimum atomic E-state index is 0.742. The van der Waals surface area contributed by atoms with Crippen molar-refractivity contribution in [3.63, 3.8) is 0 Å². The fraction of sp³-hybridized carbons (Fsp3) is 1.00. The van der Waals surface area contributed by atoms with Gasteiger partial charge < -0.3 is 15.0 Å². The molecule has 0 aromatic heterocycles. The molecule has 1 aliphatic carbocycles. The van der Waals surface area contributed by atoms with E-state index in [2.05, 4.69) is 31.2 Å². The van der Waals surface area contributed by atoms with Crippen LogP contribution in [0.1, 0.15) is 39.0 Å². The zero-order valence-corrected chi connectivity index (χ0v) is 11.9. The van der Waals surface area contributed by atoms with Crippen LogP contribution in [0.5, 0.6) is 0 Å². The second-order valence-electron chi connectivity index (χ2n) is 5.43. The molecule has 102 valence electrons. The molecule has 1 saturated carbocycles. The Morgan fingerprint density at radius 3 is 2.65 bits per heavy atom. The maximum atomic E-state index is 5.60. The highest BCUT2D eigenvalue weighted by atomic mass is 16.5. The summed E-state index contributed by atoms with van der Waals surface area (Å²) in [6.07, 6.45) is 6.91. The average Bonchev–Trinajstić information content (AvgIpc) is 2.33. The van der Waals surface area contributed by atoms with Gasteiger partial charge in [0.25, 0.3) is 0 Å². The topological polar surface area (TPSA) is 24.5 Å². The molecule has 3 heteroatoms. The number of nitrogens with zero attached hydrogens (tertiary/aromatic N) is 1. The standard InChI is InChI=1S/C14H30N2O/c1-4-13-7-5-6-8-14(13)15-9-11-17-12-10-16(2)3/h13-15H,4-12H2,1-3H3. The molecule has 1 fully saturated rings. The Morgan fingerprint density at radius 1 is 1.18 bits per heavy atom. The molecule has 17 heavy (non-hydrogen) atoms. The van der Waals surface area contributed by atoms with Crippen molar-refractivity contribution in [1.29, 1.82) is 0 Å². The highest BCUT2D eigenvalue weighted by Gasteiger charge is 2.22. The summed E-state index contributed by atoms with van der Waals surface area (Å²) >= 11 is 0. The summed E-state index contributed by atoms with van der Waals surface area (Å²) in [6, 6.07) is 0.742. The van der Waals surface area contributed by atoms with Gasteiger partial charge in [0.15, 0.2) is 0 Å². The van der Waals surface area contributed by atoms with Gasteiger partial charge in [-0.3, -0.25) is 0 Å². The number of ether oxygens (including phenoxy) is 1. The van der Waals surface area contributed by atoms with Crippen molar-refractivity contribution < 1.29 is 4.74 Å². The number of nitrogens with one attached hydrogen (secondary N) is 1. The molecule has 0 aromatic carbocycles. The van der Waals surface area contributed by atoms with Crippen molar-refractivity contribution in [3.05, 3.63) is 0 Å². The van der Waals surface area contributed by atoms with E-state index >= 15 is 0 Å². The molecular formula is C14H30N2O. The smallest absolute Gasteiger partial charge is 0.0593 e. The van der Waals surface area contributed by atoms with Gasteiger partial charge in [0.05, 0.1) is 13.2 Å². The summed E-state index contributed by atoms with van der Waals surface area (Å²) in [5.41, 5.74) is 0. The van der Waals surface area contributed by atoms with Gasteiger partial charge in [-0.25, -0.2) is 0 Å². The summed E-state index contributed by atoms with van der Waals surface area (Å²) in [5.74, 6) is 0.894. The van der Waals surface area contributed by atoms with Crippen LogP contribution in [0.15, 0.2) is 0 Å². The number of likely N-dealkylation sites (N-methyl/N-ethyl adjacent to an activating group) is 1. The fourth-order valence-corrected chi connectivity index (χ4v) is 2.63. The van der Waals surface area contributed by atoms with Crippen LogP contribution in [0.3, 0.4) is 0 Å². The lowest BCUT2D eigenvalue weighted by Crippen LogP contribution is -2.40. The van der Waals surface area contributed by atoms with Gasteiger partial charge in [0.2, 0.25) is 0 Å². The molecule has 1 rings (SSSR count). The minimum Gasteiger partial charge on any atom is -0.379 e. The molecule has 0 aromatic rings. The Kier molecular flexibility index (Phi) is 7.82. The first-order valence-electron chi connectivity index (χ1n) is 7.20. The quantitative estimate of drug-likeness (QED) is 0.660. The predicted octanol–water partition coefficient (Wildman–Crippen LogP) is 2.12. The Hall–Kier alpha value is -0.120. The van der Waals surface area contributed by atoms with Crippen molar-refractivity contribution in [2.24, 2.45) is 5.92 Å². The van der Waals surface area contributed by atoms with Crippen molar-refractivity contribution in [3.8, 4) is 0 Å². The maximum absolute atomic E-state index is 5.60. The largest absolute Gasteiger partial charge is 0.379 e. The summed E-state index contributed by atoms with van der Waals surface area (Å²) in [4.78, 5) is 2.15. The molecule has 2 unspecified atom stereocenters. The zero-order chi connectivity index (χ0) is 12.5. The molecule has 0 saturated heterocycles. The first-order chi connectivity index (χ1) is 8.24. The van der Waals surface area contributed by atoms with E-state index in [0.717, 1.165) is 38.3 Å². The van der Waals surface area contributed by atoms with Gasteiger partial charge in [-0.2, -0.15) is 0 Å². The second-order valence-corrected chi connectivity index (χ2v) is 5.43. The lowest BCUT2D eigenvalue weighted by molar-refractivity contribution is 0.113. The van der Waals surface area contributed by atoms with Crippen LogP contribution in [-0.2, 0) is 4.74 Å². The third-order valence-electron chi connectivity index (χ3n) is 3.77. The van der Waals surface area contributed by atoms with Gasteiger partial charge in [-0.15, -0.1) is 0 Å². The van der Waals surface area contributed by atoms with E-state index < -0.39 is 0 Å².